The van der Waals surface area contributed by atoms with Crippen molar-refractivity contribution in [1.82, 2.24) is 15.0 Å². The van der Waals surface area contributed by atoms with Crippen LogP contribution in [0, 0.1) is 0 Å². The largest absolute Gasteiger partial charge is 0.507 e. The molecule has 128 valence electrons. The van der Waals surface area contributed by atoms with Crippen LogP contribution in [-0.4, -0.2) is 20.1 Å². The van der Waals surface area contributed by atoms with Gasteiger partial charge in [-0.3, -0.25) is 0 Å². The van der Waals surface area contributed by atoms with Crippen molar-refractivity contribution in [3.63, 3.8) is 0 Å². The molecule has 26 heavy (non-hydrogen) atoms. The highest BCUT2D eigenvalue weighted by Crippen LogP contribution is 2.30. The average Bonchev–Trinajstić information content (AvgIpc) is 2.63. The Kier molecular flexibility index (Phi) is 4.02. The topological polar surface area (TPSA) is 97.0 Å². The molecule has 4 aromatic rings. The van der Waals surface area contributed by atoms with Gasteiger partial charge in [-0.1, -0.05) is 41.9 Å². The lowest BCUT2D eigenvalue weighted by Gasteiger charge is -2.09. The average molecular weight is 364 g/mol. The molecule has 1 aromatic heterocycles. The summed E-state index contributed by atoms with van der Waals surface area (Å²) in [6.45, 7) is 0. The number of nitrogen functional groups attached to an aromatic ring is 1. The standard InChI is InChI=1S/C19H14ClN5O/c20-13-6-8-16(26)15(10-13)17-23-18(21)25-19(24-17)22-14-7-5-11-3-1-2-4-12(11)9-14/h1-10,26H,(H3,21,22,23,24,25). The second-order valence-electron chi connectivity index (χ2n) is 5.69. The summed E-state index contributed by atoms with van der Waals surface area (Å²) in [5, 5.41) is 15.9. The van der Waals surface area contributed by atoms with Gasteiger partial charge in [-0.15, -0.1) is 0 Å². The fraction of sp³-hybridized carbons (Fsp3) is 0. The summed E-state index contributed by atoms with van der Waals surface area (Å²) in [7, 11) is 0. The molecule has 0 bridgehead atoms. The quantitative estimate of drug-likeness (QED) is 0.500. The first kappa shape index (κ1) is 16.1. The van der Waals surface area contributed by atoms with Crippen molar-refractivity contribution < 1.29 is 5.11 Å². The van der Waals surface area contributed by atoms with Crippen LogP contribution in [0.15, 0.2) is 60.7 Å². The highest BCUT2D eigenvalue weighted by atomic mass is 35.5. The van der Waals surface area contributed by atoms with Gasteiger partial charge in [0.2, 0.25) is 11.9 Å². The lowest BCUT2D eigenvalue weighted by Crippen LogP contribution is -2.05. The van der Waals surface area contributed by atoms with Gasteiger partial charge in [-0.25, -0.2) is 0 Å². The van der Waals surface area contributed by atoms with Crippen LogP contribution in [0.3, 0.4) is 0 Å². The van der Waals surface area contributed by atoms with Gasteiger partial charge in [-0.05, 0) is 41.1 Å². The number of nitrogens with two attached hydrogens (primary N) is 1. The second kappa shape index (κ2) is 6.50. The van der Waals surface area contributed by atoms with E-state index in [4.69, 9.17) is 17.3 Å². The summed E-state index contributed by atoms with van der Waals surface area (Å²) in [6, 6.07) is 18.6. The number of nitrogens with one attached hydrogen (secondary N) is 1. The molecule has 6 nitrogen and oxygen atoms in total. The van der Waals surface area contributed by atoms with E-state index in [0.29, 0.717) is 10.6 Å². The number of nitrogens with zero attached hydrogens (tertiary/aromatic N) is 3. The highest BCUT2D eigenvalue weighted by molar-refractivity contribution is 6.30. The molecular formula is C19H14ClN5O. The fourth-order valence-corrected chi connectivity index (χ4v) is 2.82. The summed E-state index contributed by atoms with van der Waals surface area (Å²) in [5.74, 6) is 0.567. The smallest absolute Gasteiger partial charge is 0.232 e. The van der Waals surface area contributed by atoms with Crippen molar-refractivity contribution in [2.45, 2.75) is 0 Å². The monoisotopic (exact) mass is 363 g/mol. The molecule has 0 saturated heterocycles. The number of phenols is 1. The van der Waals surface area contributed by atoms with Crippen molar-refractivity contribution in [2.75, 3.05) is 11.1 Å². The molecule has 0 amide bonds. The lowest BCUT2D eigenvalue weighted by molar-refractivity contribution is 0.477. The van der Waals surface area contributed by atoms with Crippen LogP contribution < -0.4 is 11.1 Å². The zero-order valence-corrected chi connectivity index (χ0v) is 14.3. The fourth-order valence-electron chi connectivity index (χ4n) is 2.65. The third kappa shape index (κ3) is 3.22. The number of hydrogen-bond donors (Lipinski definition) is 3. The molecule has 0 saturated carbocycles. The van der Waals surface area contributed by atoms with E-state index in [-0.39, 0.29) is 23.5 Å². The Balaban J connectivity index is 1.72. The molecule has 3 aromatic carbocycles. The Hall–Kier alpha value is -3.38. The van der Waals surface area contributed by atoms with E-state index >= 15 is 0 Å². The molecule has 1 heterocycles. The number of aromatic hydroxyl groups is 1. The summed E-state index contributed by atoms with van der Waals surface area (Å²) in [6.07, 6.45) is 0. The van der Waals surface area contributed by atoms with Gasteiger partial charge in [-0.2, -0.15) is 15.0 Å². The van der Waals surface area contributed by atoms with E-state index in [2.05, 4.69) is 20.3 Å². The third-order valence-corrected chi connectivity index (χ3v) is 4.09. The van der Waals surface area contributed by atoms with E-state index in [1.54, 1.807) is 12.1 Å². The summed E-state index contributed by atoms with van der Waals surface area (Å²) in [5.41, 5.74) is 7.01. The predicted molar refractivity (Wildman–Crippen MR) is 104 cm³/mol. The number of hydrogen-bond acceptors (Lipinski definition) is 6. The van der Waals surface area contributed by atoms with Gasteiger partial charge in [0.05, 0.1) is 5.56 Å². The minimum Gasteiger partial charge on any atom is -0.507 e. The van der Waals surface area contributed by atoms with Crippen molar-refractivity contribution in [3.05, 3.63) is 65.7 Å². The van der Waals surface area contributed by atoms with E-state index < -0.39 is 0 Å². The van der Waals surface area contributed by atoms with Crippen LogP contribution in [0.5, 0.6) is 5.75 Å². The Morgan fingerprint density at radius 2 is 1.69 bits per heavy atom. The number of anilines is 3. The van der Waals surface area contributed by atoms with Crippen LogP contribution >= 0.6 is 11.6 Å². The molecular weight excluding hydrogens is 350 g/mol. The molecule has 0 aliphatic rings. The van der Waals surface area contributed by atoms with E-state index in [1.165, 1.54) is 6.07 Å². The maximum Gasteiger partial charge on any atom is 0.232 e. The Morgan fingerprint density at radius 1 is 0.885 bits per heavy atom. The second-order valence-corrected chi connectivity index (χ2v) is 6.13. The SMILES string of the molecule is Nc1nc(Nc2ccc3ccccc3c2)nc(-c2cc(Cl)ccc2O)n1. The van der Waals surface area contributed by atoms with E-state index in [1.807, 2.05) is 42.5 Å². The lowest BCUT2D eigenvalue weighted by atomic mass is 10.1. The first-order valence-electron chi connectivity index (χ1n) is 7.85. The minimum absolute atomic E-state index is 0.0108. The summed E-state index contributed by atoms with van der Waals surface area (Å²) < 4.78 is 0. The Morgan fingerprint density at radius 3 is 2.54 bits per heavy atom. The van der Waals surface area contributed by atoms with Crippen LogP contribution in [-0.2, 0) is 0 Å². The maximum absolute atomic E-state index is 10.1. The molecule has 0 unspecified atom stereocenters. The number of phenolic OH excluding ortho intramolecular Hbond substituents is 1. The summed E-state index contributed by atoms with van der Waals surface area (Å²) >= 11 is 6.00. The predicted octanol–water partition coefficient (Wildman–Crippen LogP) is 4.38. The Labute approximate surface area is 154 Å². The summed E-state index contributed by atoms with van der Waals surface area (Å²) in [4.78, 5) is 12.6. The van der Waals surface area contributed by atoms with Gasteiger partial charge in [0, 0.05) is 10.7 Å². The molecule has 4 rings (SSSR count). The number of aromatic nitrogens is 3. The van der Waals surface area contributed by atoms with Crippen molar-refractivity contribution in [1.29, 1.82) is 0 Å². The zero-order valence-electron chi connectivity index (χ0n) is 13.5. The first-order chi connectivity index (χ1) is 12.6. The minimum atomic E-state index is 0.0108. The van der Waals surface area contributed by atoms with Crippen LogP contribution in [0.25, 0.3) is 22.2 Å². The number of halogens is 1. The third-order valence-electron chi connectivity index (χ3n) is 3.86. The number of fused-ring (bicyclic) bond motifs is 1. The van der Waals surface area contributed by atoms with Crippen LogP contribution in [0.2, 0.25) is 5.02 Å². The molecule has 7 heteroatoms. The molecule has 0 aliphatic heterocycles. The van der Waals surface area contributed by atoms with E-state index in [0.717, 1.165) is 16.5 Å². The van der Waals surface area contributed by atoms with Gasteiger partial charge < -0.3 is 16.2 Å². The van der Waals surface area contributed by atoms with Crippen molar-refractivity contribution >= 4 is 40.0 Å². The molecule has 0 atom stereocenters. The van der Waals surface area contributed by atoms with Crippen LogP contribution in [0.1, 0.15) is 0 Å². The molecule has 0 aliphatic carbocycles. The van der Waals surface area contributed by atoms with Crippen LogP contribution in [0.4, 0.5) is 17.6 Å². The first-order valence-corrected chi connectivity index (χ1v) is 8.22. The molecule has 0 radical (unpaired) electrons. The van der Waals surface area contributed by atoms with Gasteiger partial charge in [0.1, 0.15) is 5.75 Å². The van der Waals surface area contributed by atoms with E-state index in [9.17, 15) is 5.11 Å². The van der Waals surface area contributed by atoms with Gasteiger partial charge in [0.15, 0.2) is 5.82 Å². The zero-order chi connectivity index (χ0) is 18.1. The maximum atomic E-state index is 10.1. The molecule has 4 N–H and O–H groups in total. The number of rotatable bonds is 3. The molecule has 0 fully saturated rings. The van der Waals surface area contributed by atoms with Gasteiger partial charge in [0.25, 0.3) is 0 Å². The van der Waals surface area contributed by atoms with Gasteiger partial charge >= 0.3 is 0 Å². The van der Waals surface area contributed by atoms with Crippen molar-refractivity contribution in [3.8, 4) is 17.1 Å². The number of benzene rings is 3. The van der Waals surface area contributed by atoms with Crippen molar-refractivity contribution in [2.24, 2.45) is 0 Å². The highest BCUT2D eigenvalue weighted by Gasteiger charge is 2.12. The Bertz CT molecular complexity index is 1120. The normalized spacial score (nSPS) is 10.8. The molecule has 0 spiro atoms.